The van der Waals surface area contributed by atoms with E-state index in [-0.39, 0.29) is 11.9 Å². The van der Waals surface area contributed by atoms with Crippen LogP contribution < -0.4 is 11.1 Å². The number of nitrogens with zero attached hydrogens (tertiary/aromatic N) is 1. The first-order valence-corrected chi connectivity index (χ1v) is 7.12. The van der Waals surface area contributed by atoms with E-state index in [1.807, 2.05) is 0 Å². The Labute approximate surface area is 123 Å². The Hall–Kier alpha value is -1.33. The summed E-state index contributed by atoms with van der Waals surface area (Å²) in [6.45, 7) is 2.01. The van der Waals surface area contributed by atoms with Crippen molar-refractivity contribution in [2.45, 2.75) is 25.4 Å². The van der Waals surface area contributed by atoms with E-state index in [0.29, 0.717) is 30.5 Å². The topological polar surface area (TPSA) is 59.6 Å². The van der Waals surface area contributed by atoms with Crippen molar-refractivity contribution < 1.29 is 9.13 Å². The zero-order chi connectivity index (χ0) is 14.4. The molecule has 1 unspecified atom stereocenters. The molecule has 0 spiro atoms. The molecule has 1 atom stereocenters. The Balaban J connectivity index is 1.72. The molecule has 0 saturated carbocycles. The lowest BCUT2D eigenvalue weighted by Gasteiger charge is -2.09. The van der Waals surface area contributed by atoms with Crippen molar-refractivity contribution in [3.05, 3.63) is 34.6 Å². The number of ether oxygens (including phenoxy) is 1. The van der Waals surface area contributed by atoms with Gasteiger partial charge in [-0.1, -0.05) is 17.7 Å². The molecule has 4 nitrogen and oxygen atoms in total. The molecule has 0 radical (unpaired) electrons. The van der Waals surface area contributed by atoms with E-state index < -0.39 is 0 Å². The molecule has 0 aliphatic carbocycles. The molecule has 6 heteroatoms. The summed E-state index contributed by atoms with van der Waals surface area (Å²) in [5.74, 6) is 0.0723. The van der Waals surface area contributed by atoms with Crippen molar-refractivity contribution in [2.75, 3.05) is 19.7 Å². The van der Waals surface area contributed by atoms with Gasteiger partial charge in [0, 0.05) is 18.2 Å². The summed E-state index contributed by atoms with van der Waals surface area (Å²) in [6, 6.07) is 4.39. The first-order valence-electron chi connectivity index (χ1n) is 6.74. The summed E-state index contributed by atoms with van der Waals surface area (Å²) >= 11 is 5.95. The second kappa shape index (κ2) is 7.45. The zero-order valence-electron chi connectivity index (χ0n) is 11.2. The normalized spacial score (nSPS) is 19.3. The summed E-state index contributed by atoms with van der Waals surface area (Å²) in [5, 5.41) is 3.45. The Bertz CT molecular complexity index is 475. The monoisotopic (exact) mass is 299 g/mol. The van der Waals surface area contributed by atoms with Gasteiger partial charge in [0.15, 0.2) is 5.96 Å². The number of halogens is 2. The summed E-state index contributed by atoms with van der Waals surface area (Å²) in [4.78, 5) is 4.24. The van der Waals surface area contributed by atoms with E-state index in [0.717, 1.165) is 25.0 Å². The second-order valence-corrected chi connectivity index (χ2v) is 5.18. The quantitative estimate of drug-likeness (QED) is 0.647. The molecule has 1 saturated heterocycles. The summed E-state index contributed by atoms with van der Waals surface area (Å²) in [5.41, 5.74) is 6.65. The summed E-state index contributed by atoms with van der Waals surface area (Å²) in [6.07, 6.45) is 3.00. The molecule has 3 N–H and O–H groups in total. The fourth-order valence-electron chi connectivity index (χ4n) is 2.09. The highest BCUT2D eigenvalue weighted by atomic mass is 35.5. The number of rotatable bonds is 5. The molecular weight excluding hydrogens is 281 g/mol. The van der Waals surface area contributed by atoms with Gasteiger partial charge in [-0.3, -0.25) is 4.99 Å². The van der Waals surface area contributed by atoms with E-state index >= 15 is 0 Å². The molecule has 110 valence electrons. The standard InChI is InChI=1S/C14H19ClFN3O/c15-13-8-11(16)4-3-10(13)5-6-18-14(17)19-9-12-2-1-7-20-12/h3-4,8,12H,1-2,5-7,9H2,(H3,17,18,19). The van der Waals surface area contributed by atoms with Crippen molar-refractivity contribution in [3.8, 4) is 0 Å². The maximum atomic E-state index is 12.9. The Morgan fingerprint density at radius 3 is 3.10 bits per heavy atom. The highest BCUT2D eigenvalue weighted by molar-refractivity contribution is 6.31. The van der Waals surface area contributed by atoms with Crippen LogP contribution in [0.2, 0.25) is 5.02 Å². The van der Waals surface area contributed by atoms with Gasteiger partial charge >= 0.3 is 0 Å². The van der Waals surface area contributed by atoms with E-state index in [9.17, 15) is 4.39 Å². The zero-order valence-corrected chi connectivity index (χ0v) is 12.0. The van der Waals surface area contributed by atoms with Gasteiger partial charge < -0.3 is 15.8 Å². The molecule has 1 aromatic carbocycles. The fraction of sp³-hybridized carbons (Fsp3) is 0.500. The molecule has 1 aliphatic rings. The number of hydrogen-bond donors (Lipinski definition) is 2. The molecule has 0 bridgehead atoms. The predicted molar refractivity (Wildman–Crippen MR) is 78.6 cm³/mol. The van der Waals surface area contributed by atoms with Crippen LogP contribution in [0.25, 0.3) is 0 Å². The highest BCUT2D eigenvalue weighted by Gasteiger charge is 2.14. The average Bonchev–Trinajstić information content (AvgIpc) is 2.92. The Morgan fingerprint density at radius 1 is 1.55 bits per heavy atom. The van der Waals surface area contributed by atoms with Gasteiger partial charge in [0.05, 0.1) is 12.6 Å². The van der Waals surface area contributed by atoms with Crippen molar-refractivity contribution in [3.63, 3.8) is 0 Å². The minimum absolute atomic E-state index is 0.196. The van der Waals surface area contributed by atoms with Crippen LogP contribution in [0, 0.1) is 5.82 Å². The maximum absolute atomic E-state index is 12.9. The van der Waals surface area contributed by atoms with Gasteiger partial charge in [-0.05, 0) is 37.0 Å². The van der Waals surface area contributed by atoms with Crippen LogP contribution in [-0.2, 0) is 11.2 Å². The molecule has 1 fully saturated rings. The van der Waals surface area contributed by atoms with Crippen LogP contribution >= 0.6 is 11.6 Å². The van der Waals surface area contributed by atoms with Crippen LogP contribution in [0.1, 0.15) is 18.4 Å². The van der Waals surface area contributed by atoms with Gasteiger partial charge in [0.1, 0.15) is 5.82 Å². The number of aliphatic imine (C=N–C) groups is 1. The van der Waals surface area contributed by atoms with Gasteiger partial charge in [0.2, 0.25) is 0 Å². The second-order valence-electron chi connectivity index (χ2n) is 4.77. The van der Waals surface area contributed by atoms with Crippen LogP contribution in [0.15, 0.2) is 23.2 Å². The molecule has 1 aliphatic heterocycles. The predicted octanol–water partition coefficient (Wildman–Crippen LogP) is 2.10. The van der Waals surface area contributed by atoms with E-state index in [1.54, 1.807) is 6.07 Å². The van der Waals surface area contributed by atoms with Gasteiger partial charge in [-0.15, -0.1) is 0 Å². The SMILES string of the molecule is NC(=NCC1CCCO1)NCCc1ccc(F)cc1Cl. The third-order valence-corrected chi connectivity index (χ3v) is 3.56. The van der Waals surface area contributed by atoms with Crippen molar-refractivity contribution in [1.82, 2.24) is 5.32 Å². The number of nitrogens with one attached hydrogen (secondary N) is 1. The van der Waals surface area contributed by atoms with Crippen molar-refractivity contribution in [2.24, 2.45) is 10.7 Å². The van der Waals surface area contributed by atoms with E-state index in [1.165, 1.54) is 12.1 Å². The molecule has 1 heterocycles. The Kier molecular flexibility index (Phi) is 5.61. The number of nitrogens with two attached hydrogens (primary N) is 1. The number of guanidine groups is 1. The molecule has 0 amide bonds. The third-order valence-electron chi connectivity index (χ3n) is 3.20. The van der Waals surface area contributed by atoms with Crippen LogP contribution in [0.3, 0.4) is 0 Å². The van der Waals surface area contributed by atoms with E-state index in [4.69, 9.17) is 22.1 Å². The van der Waals surface area contributed by atoms with Gasteiger partial charge in [-0.25, -0.2) is 4.39 Å². The number of benzene rings is 1. The van der Waals surface area contributed by atoms with Gasteiger partial charge in [-0.2, -0.15) is 0 Å². The molecular formula is C14H19ClFN3O. The Morgan fingerprint density at radius 2 is 2.40 bits per heavy atom. The van der Waals surface area contributed by atoms with Crippen LogP contribution in [0.4, 0.5) is 4.39 Å². The first kappa shape index (κ1) is 15.1. The number of hydrogen-bond acceptors (Lipinski definition) is 2. The smallest absolute Gasteiger partial charge is 0.188 e. The summed E-state index contributed by atoms with van der Waals surface area (Å²) < 4.78 is 18.4. The molecule has 1 aromatic rings. The van der Waals surface area contributed by atoms with Crippen molar-refractivity contribution >= 4 is 17.6 Å². The summed E-state index contributed by atoms with van der Waals surface area (Å²) in [7, 11) is 0. The average molecular weight is 300 g/mol. The minimum Gasteiger partial charge on any atom is -0.376 e. The van der Waals surface area contributed by atoms with E-state index in [2.05, 4.69) is 10.3 Å². The lowest BCUT2D eigenvalue weighted by molar-refractivity contribution is 0.118. The fourth-order valence-corrected chi connectivity index (χ4v) is 2.36. The molecule has 2 rings (SSSR count). The lowest BCUT2D eigenvalue weighted by Crippen LogP contribution is -2.34. The van der Waals surface area contributed by atoms with Crippen LogP contribution in [0.5, 0.6) is 0 Å². The maximum Gasteiger partial charge on any atom is 0.188 e. The highest BCUT2D eigenvalue weighted by Crippen LogP contribution is 2.17. The molecule has 20 heavy (non-hydrogen) atoms. The largest absolute Gasteiger partial charge is 0.376 e. The third kappa shape index (κ3) is 4.65. The van der Waals surface area contributed by atoms with Gasteiger partial charge in [0.25, 0.3) is 0 Å². The lowest BCUT2D eigenvalue weighted by atomic mass is 10.1. The minimum atomic E-state index is -0.329. The molecule has 0 aromatic heterocycles. The first-order chi connectivity index (χ1) is 9.65. The van der Waals surface area contributed by atoms with Crippen molar-refractivity contribution in [1.29, 1.82) is 0 Å². The van der Waals surface area contributed by atoms with Crippen LogP contribution in [-0.4, -0.2) is 31.8 Å².